The van der Waals surface area contributed by atoms with Crippen LogP contribution in [0.5, 0.6) is 0 Å². The van der Waals surface area contributed by atoms with Gasteiger partial charge in [0.2, 0.25) is 0 Å². The van der Waals surface area contributed by atoms with Gasteiger partial charge in [-0.05, 0) is 38.3 Å². The van der Waals surface area contributed by atoms with E-state index in [2.05, 4.69) is 26.6 Å². The van der Waals surface area contributed by atoms with Crippen LogP contribution < -0.4 is 10.6 Å². The zero-order chi connectivity index (χ0) is 11.6. The second-order valence-electron chi connectivity index (χ2n) is 5.63. The summed E-state index contributed by atoms with van der Waals surface area (Å²) in [6.45, 7) is 4.56. The van der Waals surface area contributed by atoms with E-state index in [1.807, 2.05) is 12.3 Å². The second-order valence-corrected chi connectivity index (χ2v) is 5.63. The lowest BCUT2D eigenvalue weighted by Gasteiger charge is -2.26. The Hall–Kier alpha value is -0.290. The van der Waals surface area contributed by atoms with E-state index in [1.165, 1.54) is 32.2 Å². The minimum absolute atomic E-state index is 0. The Morgan fingerprint density at radius 1 is 1.37 bits per heavy atom. The number of hydrogen-bond donors (Lipinski definition) is 2. The number of piperidine rings is 1. The van der Waals surface area contributed by atoms with Crippen LogP contribution in [-0.2, 0) is 6.54 Å². The molecular weight excluding hydrogens is 283 g/mol. The van der Waals surface area contributed by atoms with Crippen molar-refractivity contribution in [3.8, 4) is 0 Å². The molecule has 2 aliphatic rings. The summed E-state index contributed by atoms with van der Waals surface area (Å²) in [5.41, 5.74) is 0.490. The molecule has 0 radical (unpaired) electrons. The molecule has 2 fully saturated rings. The summed E-state index contributed by atoms with van der Waals surface area (Å²) in [6, 6.07) is 2.69. The third kappa shape index (κ3) is 4.63. The fourth-order valence-corrected chi connectivity index (χ4v) is 2.69. The average molecular weight is 307 g/mol. The van der Waals surface area contributed by atoms with Gasteiger partial charge in [-0.3, -0.25) is 4.68 Å². The van der Waals surface area contributed by atoms with Crippen molar-refractivity contribution >= 4 is 24.8 Å². The van der Waals surface area contributed by atoms with Crippen LogP contribution in [-0.4, -0.2) is 35.5 Å². The van der Waals surface area contributed by atoms with Crippen LogP contribution in [0.1, 0.15) is 25.7 Å². The predicted octanol–water partition coefficient (Wildman–Crippen LogP) is 1.85. The fourth-order valence-electron chi connectivity index (χ4n) is 2.69. The first kappa shape index (κ1) is 16.8. The summed E-state index contributed by atoms with van der Waals surface area (Å²) in [7, 11) is 0. The van der Waals surface area contributed by atoms with Crippen molar-refractivity contribution in [2.45, 2.75) is 38.3 Å². The zero-order valence-corrected chi connectivity index (χ0v) is 12.8. The summed E-state index contributed by atoms with van der Waals surface area (Å²) < 4.78 is 2.08. The normalized spacial score (nSPS) is 24.1. The van der Waals surface area contributed by atoms with Gasteiger partial charge in [-0.15, -0.1) is 24.8 Å². The highest BCUT2D eigenvalue weighted by atomic mass is 35.5. The van der Waals surface area contributed by atoms with E-state index in [4.69, 9.17) is 0 Å². The van der Waals surface area contributed by atoms with Gasteiger partial charge < -0.3 is 10.6 Å². The SMILES string of the molecule is Cl.Cl.c1cnn(CC2(CNC3CCCNC3)CC2)c1. The highest BCUT2D eigenvalue weighted by Gasteiger charge is 2.43. The van der Waals surface area contributed by atoms with E-state index in [1.54, 1.807) is 0 Å². The van der Waals surface area contributed by atoms with Crippen molar-refractivity contribution in [3.05, 3.63) is 18.5 Å². The quantitative estimate of drug-likeness (QED) is 0.872. The Labute approximate surface area is 127 Å². The van der Waals surface area contributed by atoms with Gasteiger partial charge in [0.05, 0.1) is 0 Å². The van der Waals surface area contributed by atoms with Gasteiger partial charge >= 0.3 is 0 Å². The highest BCUT2D eigenvalue weighted by molar-refractivity contribution is 5.85. The van der Waals surface area contributed by atoms with Gasteiger partial charge in [-0.2, -0.15) is 5.10 Å². The van der Waals surface area contributed by atoms with Gasteiger partial charge in [0.25, 0.3) is 0 Å². The molecule has 0 aromatic carbocycles. The topological polar surface area (TPSA) is 41.9 Å². The highest BCUT2D eigenvalue weighted by Crippen LogP contribution is 2.46. The van der Waals surface area contributed by atoms with Crippen molar-refractivity contribution in [3.63, 3.8) is 0 Å². The molecule has 0 amide bonds. The molecular formula is C13H24Cl2N4. The Kier molecular flexibility index (Phi) is 6.60. The zero-order valence-electron chi connectivity index (χ0n) is 11.2. The number of nitrogens with zero attached hydrogens (tertiary/aromatic N) is 2. The molecule has 1 aliphatic carbocycles. The number of rotatable bonds is 5. The molecule has 1 saturated heterocycles. The monoisotopic (exact) mass is 306 g/mol. The van der Waals surface area contributed by atoms with Crippen molar-refractivity contribution in [1.29, 1.82) is 0 Å². The number of nitrogens with one attached hydrogen (secondary N) is 2. The molecule has 1 atom stereocenters. The maximum atomic E-state index is 4.31. The largest absolute Gasteiger partial charge is 0.315 e. The van der Waals surface area contributed by atoms with Crippen LogP contribution in [0.2, 0.25) is 0 Å². The van der Waals surface area contributed by atoms with Crippen LogP contribution in [0.3, 0.4) is 0 Å². The van der Waals surface area contributed by atoms with E-state index < -0.39 is 0 Å². The summed E-state index contributed by atoms with van der Waals surface area (Å²) >= 11 is 0. The molecule has 2 heterocycles. The second kappa shape index (κ2) is 7.48. The van der Waals surface area contributed by atoms with E-state index >= 15 is 0 Å². The minimum atomic E-state index is 0. The first-order valence-electron chi connectivity index (χ1n) is 6.78. The van der Waals surface area contributed by atoms with Gasteiger partial charge in [0.15, 0.2) is 0 Å². The third-order valence-corrected chi connectivity index (χ3v) is 4.08. The molecule has 0 bridgehead atoms. The van der Waals surface area contributed by atoms with Gasteiger partial charge in [-0.25, -0.2) is 0 Å². The molecule has 110 valence electrons. The smallest absolute Gasteiger partial charge is 0.0489 e. The number of aromatic nitrogens is 2. The lowest BCUT2D eigenvalue weighted by Crippen LogP contribution is -2.45. The Bertz CT molecular complexity index is 346. The maximum Gasteiger partial charge on any atom is 0.0489 e. The molecule has 1 aliphatic heterocycles. The third-order valence-electron chi connectivity index (χ3n) is 4.08. The lowest BCUT2D eigenvalue weighted by molar-refractivity contribution is 0.320. The molecule has 6 heteroatoms. The maximum absolute atomic E-state index is 4.31. The minimum Gasteiger partial charge on any atom is -0.315 e. The molecule has 1 aromatic rings. The van der Waals surface area contributed by atoms with Crippen LogP contribution in [0.4, 0.5) is 0 Å². The van der Waals surface area contributed by atoms with E-state index in [0.717, 1.165) is 19.6 Å². The first-order valence-corrected chi connectivity index (χ1v) is 6.78. The van der Waals surface area contributed by atoms with Crippen LogP contribution in [0, 0.1) is 5.41 Å². The van der Waals surface area contributed by atoms with Gasteiger partial charge in [0.1, 0.15) is 0 Å². The molecule has 2 N–H and O–H groups in total. The molecule has 1 unspecified atom stereocenters. The summed E-state index contributed by atoms with van der Waals surface area (Å²) in [5, 5.41) is 11.5. The lowest BCUT2D eigenvalue weighted by atomic mass is 10.0. The average Bonchev–Trinajstić information content (AvgIpc) is 2.93. The summed E-state index contributed by atoms with van der Waals surface area (Å²) in [4.78, 5) is 0. The molecule has 0 spiro atoms. The standard InChI is InChI=1S/C13H22N4.2ClH/c1-3-12(9-14-6-1)15-10-13(4-5-13)11-17-8-2-7-16-17;;/h2,7-8,12,14-15H,1,3-6,9-11H2;2*1H. The van der Waals surface area contributed by atoms with Gasteiger partial charge in [0, 0.05) is 43.5 Å². The summed E-state index contributed by atoms with van der Waals surface area (Å²) in [5.74, 6) is 0. The Morgan fingerprint density at radius 2 is 2.21 bits per heavy atom. The molecule has 1 aromatic heterocycles. The molecule has 19 heavy (non-hydrogen) atoms. The van der Waals surface area contributed by atoms with E-state index in [-0.39, 0.29) is 24.8 Å². The molecule has 3 rings (SSSR count). The van der Waals surface area contributed by atoms with Crippen molar-refractivity contribution in [2.24, 2.45) is 5.41 Å². The Morgan fingerprint density at radius 3 is 2.79 bits per heavy atom. The Balaban J connectivity index is 0.000000902. The fraction of sp³-hybridized carbons (Fsp3) is 0.769. The van der Waals surface area contributed by atoms with Crippen LogP contribution in [0.15, 0.2) is 18.5 Å². The predicted molar refractivity (Wildman–Crippen MR) is 82.3 cm³/mol. The van der Waals surface area contributed by atoms with Crippen molar-refractivity contribution in [1.82, 2.24) is 20.4 Å². The van der Waals surface area contributed by atoms with Crippen LogP contribution in [0.25, 0.3) is 0 Å². The summed E-state index contributed by atoms with van der Waals surface area (Å²) in [6.07, 6.45) is 9.27. The van der Waals surface area contributed by atoms with E-state index in [0.29, 0.717) is 11.5 Å². The van der Waals surface area contributed by atoms with Crippen molar-refractivity contribution < 1.29 is 0 Å². The van der Waals surface area contributed by atoms with Crippen molar-refractivity contribution in [2.75, 3.05) is 19.6 Å². The number of hydrogen-bond acceptors (Lipinski definition) is 3. The number of halogens is 2. The molecule has 1 saturated carbocycles. The first-order chi connectivity index (χ1) is 8.36. The molecule has 4 nitrogen and oxygen atoms in total. The van der Waals surface area contributed by atoms with Crippen LogP contribution >= 0.6 is 24.8 Å². The van der Waals surface area contributed by atoms with E-state index in [9.17, 15) is 0 Å². The van der Waals surface area contributed by atoms with Gasteiger partial charge in [-0.1, -0.05) is 0 Å².